The number of hydrogen-bond acceptors (Lipinski definition) is 7. The van der Waals surface area contributed by atoms with Gasteiger partial charge in [-0.05, 0) is 65.7 Å². The molecule has 0 radical (unpaired) electrons. The maximum Gasteiger partial charge on any atom is 0.253 e. The highest BCUT2D eigenvalue weighted by Gasteiger charge is 2.14. The van der Waals surface area contributed by atoms with Crippen LogP contribution in [0.5, 0.6) is 17.2 Å². The highest BCUT2D eigenvalue weighted by Crippen LogP contribution is 2.33. The Bertz CT molecular complexity index is 1510. The van der Waals surface area contributed by atoms with Crippen molar-refractivity contribution in [2.75, 3.05) is 13.2 Å². The Morgan fingerprint density at radius 1 is 0.889 bits per heavy atom. The molecular formula is C27H21ClN4O3S. The number of nitrogens with zero attached hydrogens (tertiary/aromatic N) is 4. The van der Waals surface area contributed by atoms with Crippen LogP contribution in [-0.2, 0) is 12.4 Å². The molecule has 0 unspecified atom stereocenters. The lowest BCUT2D eigenvalue weighted by atomic mass is 10.1. The van der Waals surface area contributed by atoms with Gasteiger partial charge in [-0.15, -0.1) is 5.10 Å². The van der Waals surface area contributed by atoms with Gasteiger partial charge in [0.25, 0.3) is 5.78 Å². The van der Waals surface area contributed by atoms with Crippen LogP contribution in [-0.4, -0.2) is 32.8 Å². The van der Waals surface area contributed by atoms with Crippen LogP contribution in [0.3, 0.4) is 0 Å². The fraction of sp³-hybridized carbons (Fsp3) is 0.148. The van der Waals surface area contributed by atoms with Gasteiger partial charge in [-0.2, -0.15) is 9.50 Å². The molecule has 0 amide bonds. The van der Waals surface area contributed by atoms with E-state index in [1.54, 1.807) is 22.5 Å². The fourth-order valence-corrected chi connectivity index (χ4v) is 4.74. The first-order valence-electron chi connectivity index (χ1n) is 11.4. The summed E-state index contributed by atoms with van der Waals surface area (Å²) in [7, 11) is 0. The van der Waals surface area contributed by atoms with Crippen LogP contribution in [0.1, 0.15) is 11.1 Å². The topological polar surface area (TPSA) is 70.8 Å². The van der Waals surface area contributed by atoms with Crippen LogP contribution in [0.4, 0.5) is 0 Å². The predicted molar refractivity (Wildman–Crippen MR) is 139 cm³/mol. The first-order valence-corrected chi connectivity index (χ1v) is 12.8. The second-order valence-electron chi connectivity index (χ2n) is 8.14. The molecule has 5 aromatic rings. The Morgan fingerprint density at radius 2 is 1.67 bits per heavy atom. The lowest BCUT2D eigenvalue weighted by Crippen LogP contribution is -2.15. The van der Waals surface area contributed by atoms with Crippen molar-refractivity contribution in [2.45, 2.75) is 17.5 Å². The van der Waals surface area contributed by atoms with Gasteiger partial charge >= 0.3 is 0 Å². The van der Waals surface area contributed by atoms with E-state index < -0.39 is 0 Å². The summed E-state index contributed by atoms with van der Waals surface area (Å²) in [6, 6.07) is 23.5. The van der Waals surface area contributed by atoms with E-state index in [4.69, 9.17) is 30.9 Å². The molecule has 9 heteroatoms. The molecular weight excluding hydrogens is 496 g/mol. The molecule has 3 aromatic carbocycles. The summed E-state index contributed by atoms with van der Waals surface area (Å²) in [4.78, 5) is 8.99. The van der Waals surface area contributed by atoms with Crippen molar-refractivity contribution in [3.63, 3.8) is 0 Å². The van der Waals surface area contributed by atoms with Gasteiger partial charge in [-0.3, -0.25) is 0 Å². The highest BCUT2D eigenvalue weighted by molar-refractivity contribution is 7.98. The first kappa shape index (κ1) is 22.7. The van der Waals surface area contributed by atoms with Crippen molar-refractivity contribution < 1.29 is 14.2 Å². The molecule has 2 aromatic heterocycles. The van der Waals surface area contributed by atoms with Crippen molar-refractivity contribution in [2.24, 2.45) is 0 Å². The summed E-state index contributed by atoms with van der Waals surface area (Å²) >= 11 is 7.50. The van der Waals surface area contributed by atoms with Gasteiger partial charge in [0.15, 0.2) is 11.5 Å². The molecule has 0 spiro atoms. The van der Waals surface area contributed by atoms with Gasteiger partial charge in [0, 0.05) is 22.5 Å². The second kappa shape index (κ2) is 10.1. The van der Waals surface area contributed by atoms with Gasteiger partial charge in [-0.25, -0.2) is 4.98 Å². The number of aromatic nitrogens is 4. The summed E-state index contributed by atoms with van der Waals surface area (Å²) in [5.74, 6) is 3.62. The summed E-state index contributed by atoms with van der Waals surface area (Å²) < 4.78 is 19.0. The normalized spacial score (nSPS) is 12.6. The van der Waals surface area contributed by atoms with Gasteiger partial charge < -0.3 is 14.2 Å². The largest absolute Gasteiger partial charge is 0.489 e. The van der Waals surface area contributed by atoms with Crippen LogP contribution in [0.15, 0.2) is 84.1 Å². The number of benzene rings is 3. The minimum Gasteiger partial charge on any atom is -0.489 e. The summed E-state index contributed by atoms with van der Waals surface area (Å²) in [6.07, 6.45) is 1.75. The third-order valence-electron chi connectivity index (χ3n) is 5.66. The van der Waals surface area contributed by atoms with Crippen LogP contribution in [0, 0.1) is 0 Å². The molecule has 1 aliphatic rings. The van der Waals surface area contributed by atoms with E-state index in [0.717, 1.165) is 39.6 Å². The van der Waals surface area contributed by atoms with Gasteiger partial charge in [-0.1, -0.05) is 41.6 Å². The monoisotopic (exact) mass is 516 g/mol. The molecule has 6 rings (SSSR count). The van der Waals surface area contributed by atoms with Gasteiger partial charge in [0.05, 0.1) is 5.69 Å². The van der Waals surface area contributed by atoms with E-state index in [1.807, 2.05) is 72.8 Å². The van der Waals surface area contributed by atoms with Crippen LogP contribution < -0.4 is 14.2 Å². The predicted octanol–water partition coefficient (Wildman–Crippen LogP) is 6.09. The molecule has 0 bridgehead atoms. The Balaban J connectivity index is 1.16. The maximum absolute atomic E-state index is 5.95. The summed E-state index contributed by atoms with van der Waals surface area (Å²) in [6.45, 7) is 1.63. The number of ether oxygens (including phenoxy) is 3. The molecule has 36 heavy (non-hydrogen) atoms. The van der Waals surface area contributed by atoms with E-state index in [0.29, 0.717) is 41.5 Å². The fourth-order valence-electron chi connectivity index (χ4n) is 3.85. The maximum atomic E-state index is 5.95. The zero-order valence-corrected chi connectivity index (χ0v) is 20.7. The number of hydrogen-bond donors (Lipinski definition) is 0. The standard InChI is InChI=1S/C27H21ClN4O3S/c28-21-6-1-18(2-7-21)16-35-22-8-4-20(5-9-22)23-11-12-29-26-30-27(31-32(23)26)36-17-19-3-10-24-25(15-19)34-14-13-33-24/h1-12,15H,13-14,16-17H2. The van der Waals surface area contributed by atoms with E-state index >= 15 is 0 Å². The van der Waals surface area contributed by atoms with Crippen molar-refractivity contribution in [1.29, 1.82) is 0 Å². The minimum absolute atomic E-state index is 0.475. The van der Waals surface area contributed by atoms with Gasteiger partial charge in [0.2, 0.25) is 5.16 Å². The number of thioether (sulfide) groups is 1. The third kappa shape index (κ3) is 4.96. The number of halogens is 1. The van der Waals surface area contributed by atoms with E-state index in [-0.39, 0.29) is 0 Å². The van der Waals surface area contributed by atoms with Crippen molar-refractivity contribution in [3.05, 3.63) is 95.1 Å². The zero-order valence-electron chi connectivity index (χ0n) is 19.1. The average molecular weight is 517 g/mol. The van der Waals surface area contributed by atoms with Crippen molar-refractivity contribution in [1.82, 2.24) is 19.6 Å². The first-order chi connectivity index (χ1) is 17.7. The molecule has 180 valence electrons. The SMILES string of the molecule is Clc1ccc(COc2ccc(-c3ccnc4nc(SCc5ccc6c(c5)OCCO6)nn34)cc2)cc1. The summed E-state index contributed by atoms with van der Waals surface area (Å²) in [5.41, 5.74) is 4.08. The molecule has 0 N–H and O–H groups in total. The van der Waals surface area contributed by atoms with E-state index in [2.05, 4.69) is 9.97 Å². The number of fused-ring (bicyclic) bond motifs is 2. The minimum atomic E-state index is 0.475. The van der Waals surface area contributed by atoms with Crippen LogP contribution in [0.2, 0.25) is 5.02 Å². The lowest BCUT2D eigenvalue weighted by molar-refractivity contribution is 0.171. The third-order valence-corrected chi connectivity index (χ3v) is 6.83. The zero-order chi connectivity index (χ0) is 24.3. The lowest BCUT2D eigenvalue weighted by Gasteiger charge is -2.18. The molecule has 3 heterocycles. The van der Waals surface area contributed by atoms with E-state index in [9.17, 15) is 0 Å². The second-order valence-corrected chi connectivity index (χ2v) is 9.52. The molecule has 1 aliphatic heterocycles. The van der Waals surface area contributed by atoms with Crippen molar-refractivity contribution >= 4 is 29.1 Å². The van der Waals surface area contributed by atoms with E-state index in [1.165, 1.54) is 0 Å². The Morgan fingerprint density at radius 3 is 2.50 bits per heavy atom. The summed E-state index contributed by atoms with van der Waals surface area (Å²) in [5, 5.41) is 6.08. The van der Waals surface area contributed by atoms with Crippen LogP contribution in [0.25, 0.3) is 17.0 Å². The number of rotatable bonds is 7. The smallest absolute Gasteiger partial charge is 0.253 e. The Kier molecular flexibility index (Phi) is 6.36. The Labute approximate surface area is 217 Å². The van der Waals surface area contributed by atoms with Gasteiger partial charge in [0.1, 0.15) is 25.6 Å². The molecule has 0 saturated carbocycles. The molecule has 0 saturated heterocycles. The quantitative estimate of drug-likeness (QED) is 0.242. The molecule has 0 fully saturated rings. The van der Waals surface area contributed by atoms with Crippen molar-refractivity contribution in [3.8, 4) is 28.5 Å². The Hall–Kier alpha value is -3.75. The average Bonchev–Trinajstić information content (AvgIpc) is 3.35. The van der Waals surface area contributed by atoms with Crippen LogP contribution >= 0.6 is 23.4 Å². The highest BCUT2D eigenvalue weighted by atomic mass is 35.5. The molecule has 0 atom stereocenters. The molecule has 0 aliphatic carbocycles. The molecule has 7 nitrogen and oxygen atoms in total.